The van der Waals surface area contributed by atoms with Gasteiger partial charge in [-0.25, -0.2) is 0 Å². The largest absolute Gasteiger partial charge is 0.349 e. The van der Waals surface area contributed by atoms with Gasteiger partial charge in [-0.1, -0.05) is 39.0 Å². The molecule has 1 saturated carbocycles. The standard InChI is InChI=1S/C18H23NOS/c1-12-8-13(10-18(2,3)9-12)19-17(20)15-11-21-16-7-5-4-6-14(15)16/h4-7,11-13H,8-10H2,1-3H3,(H,19,20)/t12-,13+/m0/s1. The van der Waals surface area contributed by atoms with Crippen molar-refractivity contribution in [3.05, 3.63) is 35.2 Å². The van der Waals surface area contributed by atoms with E-state index < -0.39 is 0 Å². The second-order valence-corrected chi connectivity index (χ2v) is 8.14. The molecule has 1 aromatic heterocycles. The Hall–Kier alpha value is -1.35. The van der Waals surface area contributed by atoms with Gasteiger partial charge in [-0.15, -0.1) is 11.3 Å². The van der Waals surface area contributed by atoms with Crippen molar-refractivity contribution in [2.24, 2.45) is 11.3 Å². The van der Waals surface area contributed by atoms with Gasteiger partial charge in [-0.05, 0) is 36.7 Å². The van der Waals surface area contributed by atoms with Crippen LogP contribution in [0, 0.1) is 11.3 Å². The fourth-order valence-corrected chi connectivity index (χ4v) is 4.81. The van der Waals surface area contributed by atoms with Crippen LogP contribution < -0.4 is 5.32 Å². The van der Waals surface area contributed by atoms with Crippen LogP contribution in [0.15, 0.2) is 29.6 Å². The number of carbonyl (C=O) groups is 1. The molecule has 0 spiro atoms. The molecule has 1 amide bonds. The van der Waals surface area contributed by atoms with Crippen molar-refractivity contribution in [2.75, 3.05) is 0 Å². The molecule has 0 bridgehead atoms. The Labute approximate surface area is 130 Å². The van der Waals surface area contributed by atoms with Gasteiger partial charge in [0.25, 0.3) is 5.91 Å². The molecule has 1 aliphatic carbocycles. The lowest BCUT2D eigenvalue weighted by Gasteiger charge is -2.39. The molecule has 21 heavy (non-hydrogen) atoms. The van der Waals surface area contributed by atoms with E-state index in [1.165, 1.54) is 11.1 Å². The summed E-state index contributed by atoms with van der Waals surface area (Å²) in [5.41, 5.74) is 1.15. The number of thiophene rings is 1. The van der Waals surface area contributed by atoms with Crippen molar-refractivity contribution in [3.8, 4) is 0 Å². The quantitative estimate of drug-likeness (QED) is 0.844. The predicted molar refractivity (Wildman–Crippen MR) is 89.9 cm³/mol. The van der Waals surface area contributed by atoms with E-state index in [0.717, 1.165) is 23.8 Å². The van der Waals surface area contributed by atoms with E-state index in [0.29, 0.717) is 17.4 Å². The van der Waals surface area contributed by atoms with Crippen LogP contribution in [-0.2, 0) is 0 Å². The van der Waals surface area contributed by atoms with Crippen molar-refractivity contribution in [3.63, 3.8) is 0 Å². The predicted octanol–water partition coefficient (Wildman–Crippen LogP) is 4.85. The van der Waals surface area contributed by atoms with E-state index in [-0.39, 0.29) is 5.91 Å². The third-order valence-corrected chi connectivity index (χ3v) is 5.41. The zero-order valence-electron chi connectivity index (χ0n) is 13.0. The Morgan fingerprint density at radius 1 is 1.29 bits per heavy atom. The van der Waals surface area contributed by atoms with Gasteiger partial charge in [-0.2, -0.15) is 0 Å². The Bertz CT molecular complexity index is 658. The van der Waals surface area contributed by atoms with Gasteiger partial charge >= 0.3 is 0 Å². The topological polar surface area (TPSA) is 29.1 Å². The van der Waals surface area contributed by atoms with E-state index >= 15 is 0 Å². The summed E-state index contributed by atoms with van der Waals surface area (Å²) in [6.45, 7) is 6.91. The molecule has 2 atom stereocenters. The third kappa shape index (κ3) is 3.13. The van der Waals surface area contributed by atoms with E-state index in [1.54, 1.807) is 11.3 Å². The second-order valence-electron chi connectivity index (χ2n) is 7.23. The SMILES string of the molecule is C[C@H]1C[C@@H](NC(=O)c2csc3ccccc23)CC(C)(C)C1. The van der Waals surface area contributed by atoms with Gasteiger partial charge in [0.1, 0.15) is 0 Å². The van der Waals surface area contributed by atoms with E-state index in [1.807, 2.05) is 23.6 Å². The molecule has 2 aromatic rings. The monoisotopic (exact) mass is 301 g/mol. The van der Waals surface area contributed by atoms with Crippen LogP contribution >= 0.6 is 11.3 Å². The second kappa shape index (κ2) is 5.45. The molecule has 3 heteroatoms. The van der Waals surface area contributed by atoms with Gasteiger partial charge in [0, 0.05) is 21.5 Å². The van der Waals surface area contributed by atoms with Gasteiger partial charge in [0.2, 0.25) is 0 Å². The molecule has 1 N–H and O–H groups in total. The minimum atomic E-state index is 0.0855. The van der Waals surface area contributed by atoms with Crippen LogP contribution in [0.1, 0.15) is 50.4 Å². The van der Waals surface area contributed by atoms with Crippen LogP contribution in [0.3, 0.4) is 0 Å². The Morgan fingerprint density at radius 2 is 2.05 bits per heavy atom. The summed E-state index contributed by atoms with van der Waals surface area (Å²) < 4.78 is 1.18. The van der Waals surface area contributed by atoms with Gasteiger partial charge < -0.3 is 5.32 Å². The van der Waals surface area contributed by atoms with Crippen LogP contribution in [0.2, 0.25) is 0 Å². The summed E-state index contributed by atoms with van der Waals surface area (Å²) in [7, 11) is 0. The summed E-state index contributed by atoms with van der Waals surface area (Å²) in [5, 5.41) is 6.32. The van der Waals surface area contributed by atoms with Crippen LogP contribution in [-0.4, -0.2) is 11.9 Å². The normalized spacial score (nSPS) is 24.9. The number of fused-ring (bicyclic) bond motifs is 1. The first-order chi connectivity index (χ1) is 9.94. The molecule has 1 fully saturated rings. The Balaban J connectivity index is 1.77. The molecule has 0 aliphatic heterocycles. The smallest absolute Gasteiger partial charge is 0.252 e. The zero-order valence-corrected chi connectivity index (χ0v) is 13.8. The van der Waals surface area contributed by atoms with Crippen LogP contribution in [0.4, 0.5) is 0 Å². The van der Waals surface area contributed by atoms with Crippen molar-refractivity contribution in [1.82, 2.24) is 5.32 Å². The minimum Gasteiger partial charge on any atom is -0.349 e. The molecule has 2 nitrogen and oxygen atoms in total. The zero-order chi connectivity index (χ0) is 15.0. The third-order valence-electron chi connectivity index (χ3n) is 4.45. The summed E-state index contributed by atoms with van der Waals surface area (Å²) >= 11 is 1.64. The first-order valence-electron chi connectivity index (χ1n) is 7.72. The number of rotatable bonds is 2. The molecular formula is C18H23NOS. The molecular weight excluding hydrogens is 278 g/mol. The molecule has 1 heterocycles. The first-order valence-corrected chi connectivity index (χ1v) is 8.60. The lowest BCUT2D eigenvalue weighted by atomic mass is 9.70. The van der Waals surface area contributed by atoms with Crippen LogP contribution in [0.25, 0.3) is 10.1 Å². The van der Waals surface area contributed by atoms with Crippen molar-refractivity contribution in [2.45, 2.75) is 46.1 Å². The van der Waals surface area contributed by atoms with E-state index in [2.05, 4.69) is 32.2 Å². The average molecular weight is 301 g/mol. The summed E-state index contributed by atoms with van der Waals surface area (Å²) in [6, 6.07) is 8.43. The summed E-state index contributed by atoms with van der Waals surface area (Å²) in [4.78, 5) is 12.6. The minimum absolute atomic E-state index is 0.0855. The number of carbonyl (C=O) groups excluding carboxylic acids is 1. The number of hydrogen-bond acceptors (Lipinski definition) is 2. The summed E-state index contributed by atoms with van der Waals surface area (Å²) in [5.74, 6) is 0.764. The molecule has 1 aromatic carbocycles. The molecule has 1 aliphatic rings. The van der Waals surface area contributed by atoms with Crippen molar-refractivity contribution < 1.29 is 4.79 Å². The van der Waals surface area contributed by atoms with Crippen molar-refractivity contribution >= 4 is 27.3 Å². The lowest BCUT2D eigenvalue weighted by molar-refractivity contribution is 0.0876. The highest BCUT2D eigenvalue weighted by Gasteiger charge is 2.33. The fourth-order valence-electron chi connectivity index (χ4n) is 3.87. The summed E-state index contributed by atoms with van der Waals surface area (Å²) in [6.07, 6.45) is 3.42. The molecule has 0 unspecified atom stereocenters. The van der Waals surface area contributed by atoms with Gasteiger partial charge in [-0.3, -0.25) is 4.79 Å². The Morgan fingerprint density at radius 3 is 2.81 bits per heavy atom. The maximum Gasteiger partial charge on any atom is 0.252 e. The highest BCUT2D eigenvalue weighted by Crippen LogP contribution is 2.38. The number of hydrogen-bond donors (Lipinski definition) is 1. The van der Waals surface area contributed by atoms with E-state index in [4.69, 9.17) is 0 Å². The highest BCUT2D eigenvalue weighted by molar-refractivity contribution is 7.17. The molecule has 0 radical (unpaired) electrons. The Kier molecular flexibility index (Phi) is 3.78. The number of nitrogens with one attached hydrogen (secondary N) is 1. The maximum atomic E-state index is 12.6. The molecule has 112 valence electrons. The fraction of sp³-hybridized carbons (Fsp3) is 0.500. The van der Waals surface area contributed by atoms with Gasteiger partial charge in [0.05, 0.1) is 5.56 Å². The van der Waals surface area contributed by atoms with E-state index in [9.17, 15) is 4.79 Å². The highest BCUT2D eigenvalue weighted by atomic mass is 32.1. The average Bonchev–Trinajstić information content (AvgIpc) is 2.79. The maximum absolute atomic E-state index is 12.6. The molecule has 0 saturated heterocycles. The number of amides is 1. The number of benzene rings is 1. The van der Waals surface area contributed by atoms with Gasteiger partial charge in [0.15, 0.2) is 0 Å². The first kappa shape index (κ1) is 14.6. The van der Waals surface area contributed by atoms with Crippen molar-refractivity contribution in [1.29, 1.82) is 0 Å². The van der Waals surface area contributed by atoms with Crippen LogP contribution in [0.5, 0.6) is 0 Å². The lowest BCUT2D eigenvalue weighted by Crippen LogP contribution is -2.42. The molecule has 3 rings (SSSR count).